The highest BCUT2D eigenvalue weighted by Crippen LogP contribution is 2.47. The van der Waals surface area contributed by atoms with Gasteiger partial charge in [0.1, 0.15) is 5.75 Å². The first kappa shape index (κ1) is 33.7. The number of benzene rings is 5. The van der Waals surface area contributed by atoms with E-state index in [9.17, 15) is 5.11 Å². The van der Waals surface area contributed by atoms with Gasteiger partial charge in [-0.2, -0.15) is 0 Å². The lowest BCUT2D eigenvalue weighted by Gasteiger charge is -2.13. The van der Waals surface area contributed by atoms with Gasteiger partial charge >= 0.3 is 0 Å². The number of rotatable bonds is 6. The van der Waals surface area contributed by atoms with Crippen molar-refractivity contribution in [3.05, 3.63) is 199 Å². The maximum atomic E-state index is 9.82. The predicted octanol–water partition coefficient (Wildman–Crippen LogP) is 12.8. The number of hydrogen-bond donors (Lipinski definition) is 1. The summed E-state index contributed by atoms with van der Waals surface area (Å²) in [6, 6.07) is 59.3. The number of hydrogen-bond acceptors (Lipinski definition) is 5. The lowest BCUT2D eigenvalue weighted by atomic mass is 9.93. The van der Waals surface area contributed by atoms with Gasteiger partial charge in [-0.1, -0.05) is 114 Å². The summed E-state index contributed by atoms with van der Waals surface area (Å²) in [5.41, 5.74) is 14.9. The minimum absolute atomic E-state index is 0.171. The van der Waals surface area contributed by atoms with Gasteiger partial charge in [0.25, 0.3) is 0 Å². The third-order valence-electron chi connectivity index (χ3n) is 10.1. The van der Waals surface area contributed by atoms with Gasteiger partial charge in [0.2, 0.25) is 0 Å². The molecule has 5 heterocycles. The Morgan fingerprint density at radius 1 is 0.456 bits per heavy atom. The van der Waals surface area contributed by atoms with Crippen LogP contribution in [0.15, 0.2) is 186 Å². The molecule has 10 rings (SSSR count). The van der Waals surface area contributed by atoms with Crippen molar-refractivity contribution in [3.8, 4) is 44.8 Å². The van der Waals surface area contributed by atoms with E-state index in [4.69, 9.17) is 9.97 Å². The Balaban J connectivity index is 1.41. The smallest absolute Gasteiger partial charge is 0.115 e. The number of aromatic nitrogens is 4. The summed E-state index contributed by atoms with van der Waals surface area (Å²) in [6.07, 6.45) is 8.26. The summed E-state index contributed by atoms with van der Waals surface area (Å²) in [5, 5.41) is 19.0. The average molecular weight is 735 g/mol. The first-order chi connectivity index (χ1) is 28.2. The predicted molar refractivity (Wildman–Crippen MR) is 232 cm³/mol. The van der Waals surface area contributed by atoms with E-state index in [1.807, 2.05) is 36.4 Å². The van der Waals surface area contributed by atoms with Crippen molar-refractivity contribution in [2.45, 2.75) is 0 Å². The SMILES string of the molecule is Oc1ccc(N=Nn2c3ccc2cc2nc(c(-c4ccccc4)c4c(-c5ccccc5)c(-c5ccccc5)c(cc5nc(c3)C=C5)n4-c3ccccc3)C=C2)cc1. The van der Waals surface area contributed by atoms with Gasteiger partial charge in [-0.25, -0.2) is 14.6 Å². The molecule has 7 nitrogen and oxygen atoms in total. The Kier molecular flexibility index (Phi) is 8.50. The molecule has 57 heavy (non-hydrogen) atoms. The maximum Gasteiger partial charge on any atom is 0.115 e. The van der Waals surface area contributed by atoms with Gasteiger partial charge in [-0.15, -0.1) is 5.11 Å². The summed E-state index contributed by atoms with van der Waals surface area (Å²) in [6.45, 7) is 0. The highest BCUT2D eigenvalue weighted by molar-refractivity contribution is 6.10. The molecule has 2 aliphatic heterocycles. The van der Waals surface area contributed by atoms with Gasteiger partial charge in [-0.3, -0.25) is 0 Å². The molecular formula is C50H34N6O. The van der Waals surface area contributed by atoms with Crippen molar-refractivity contribution in [2.75, 3.05) is 0 Å². The van der Waals surface area contributed by atoms with E-state index in [1.165, 1.54) is 0 Å². The molecule has 0 unspecified atom stereocenters. The summed E-state index contributed by atoms with van der Waals surface area (Å²) >= 11 is 0. The number of nitrogens with zero attached hydrogens (tertiary/aromatic N) is 6. The van der Waals surface area contributed by atoms with Gasteiger partial charge in [0.05, 0.1) is 50.5 Å². The normalized spacial score (nSPS) is 12.1. The molecule has 1 N–H and O–H groups in total. The number of phenols is 1. The molecule has 270 valence electrons. The standard InChI is InChI=1S/C50H34N6O/c57-44-28-23-37(24-29-44)53-54-56-42-26-27-43(56)32-39-25-30-45(52-39)47(34-13-5-1-6-14-34)50-49(36-17-9-3-10-18-36)48(35-15-7-2-8-16-35)46(33-40-22-21-38(31-42)51-40)55(50)41-19-11-4-12-20-41/h1-33,57H. The molecule has 0 radical (unpaired) electrons. The zero-order valence-electron chi connectivity index (χ0n) is 30.7. The third-order valence-corrected chi connectivity index (χ3v) is 10.1. The summed E-state index contributed by atoms with van der Waals surface area (Å²) < 4.78 is 4.18. The first-order valence-corrected chi connectivity index (χ1v) is 18.8. The van der Waals surface area contributed by atoms with E-state index in [0.29, 0.717) is 5.69 Å². The Bertz CT molecular complexity index is 3040. The Morgan fingerprint density at radius 2 is 0.965 bits per heavy atom. The van der Waals surface area contributed by atoms with Gasteiger partial charge in [0, 0.05) is 22.4 Å². The molecule has 0 spiro atoms. The van der Waals surface area contributed by atoms with E-state index in [1.54, 1.807) is 28.9 Å². The van der Waals surface area contributed by atoms with Crippen LogP contribution in [0.4, 0.5) is 5.69 Å². The average Bonchev–Trinajstić information content (AvgIpc) is 4.06. The lowest BCUT2D eigenvalue weighted by molar-refractivity contribution is 0.475. The molecule has 0 saturated carbocycles. The molecule has 0 aliphatic carbocycles. The van der Waals surface area contributed by atoms with Crippen LogP contribution >= 0.6 is 0 Å². The number of phenolic OH excluding ortho intramolecular Hbond substituents is 1. The molecule has 0 atom stereocenters. The van der Waals surface area contributed by atoms with Crippen LogP contribution in [0.3, 0.4) is 0 Å². The second-order valence-electron chi connectivity index (χ2n) is 13.8. The fraction of sp³-hybridized carbons (Fsp3) is 0. The second-order valence-corrected chi connectivity index (χ2v) is 13.8. The van der Waals surface area contributed by atoms with E-state index in [0.717, 1.165) is 83.9 Å². The van der Waals surface area contributed by atoms with Crippen LogP contribution in [-0.2, 0) is 0 Å². The monoisotopic (exact) mass is 734 g/mol. The molecule has 2 aliphatic rings. The maximum absolute atomic E-state index is 9.82. The molecule has 8 aromatic rings. The second kappa shape index (κ2) is 14.4. The van der Waals surface area contributed by atoms with E-state index in [2.05, 4.69) is 154 Å². The first-order valence-electron chi connectivity index (χ1n) is 18.8. The topological polar surface area (TPSA) is 80.6 Å². The van der Waals surface area contributed by atoms with Crippen LogP contribution in [0.2, 0.25) is 0 Å². The Morgan fingerprint density at radius 3 is 1.58 bits per heavy atom. The number of fused-ring (bicyclic) bond motifs is 8. The highest BCUT2D eigenvalue weighted by Gasteiger charge is 2.25. The molecule has 0 saturated heterocycles. The van der Waals surface area contributed by atoms with Crippen LogP contribution in [0.25, 0.3) is 85.4 Å². The zero-order valence-corrected chi connectivity index (χ0v) is 30.7. The molecular weight excluding hydrogens is 701 g/mol. The van der Waals surface area contributed by atoms with Crippen molar-refractivity contribution in [2.24, 2.45) is 10.3 Å². The Labute approximate surface area is 329 Å². The van der Waals surface area contributed by atoms with E-state index in [-0.39, 0.29) is 5.75 Å². The lowest BCUT2D eigenvalue weighted by Crippen LogP contribution is -1.97. The van der Waals surface area contributed by atoms with Crippen LogP contribution in [-0.4, -0.2) is 24.3 Å². The third kappa shape index (κ3) is 6.43. The molecule has 7 heteroatoms. The summed E-state index contributed by atoms with van der Waals surface area (Å²) in [7, 11) is 0. The molecule has 0 amide bonds. The van der Waals surface area contributed by atoms with Gasteiger partial charge in [0.15, 0.2) is 0 Å². The van der Waals surface area contributed by atoms with Crippen molar-refractivity contribution in [1.82, 2.24) is 19.2 Å². The Hall–Kier alpha value is -7.90. The van der Waals surface area contributed by atoms with E-state index >= 15 is 0 Å². The van der Waals surface area contributed by atoms with Crippen LogP contribution in [0, 0.1) is 0 Å². The fourth-order valence-electron chi connectivity index (χ4n) is 7.60. The van der Waals surface area contributed by atoms with Crippen LogP contribution < -0.4 is 0 Å². The van der Waals surface area contributed by atoms with Crippen molar-refractivity contribution in [1.29, 1.82) is 0 Å². The van der Waals surface area contributed by atoms with Crippen LogP contribution in [0.5, 0.6) is 5.75 Å². The summed E-state index contributed by atoms with van der Waals surface area (Å²) in [5.74, 6) is 0.171. The van der Waals surface area contributed by atoms with E-state index < -0.39 is 0 Å². The minimum atomic E-state index is 0.171. The van der Waals surface area contributed by atoms with Crippen molar-refractivity contribution < 1.29 is 5.11 Å². The van der Waals surface area contributed by atoms with Crippen molar-refractivity contribution >= 4 is 52.1 Å². The fourth-order valence-corrected chi connectivity index (χ4v) is 7.60. The van der Waals surface area contributed by atoms with Gasteiger partial charge in [-0.05, 0) is 108 Å². The summed E-state index contributed by atoms with van der Waals surface area (Å²) in [4.78, 5) is 10.5. The molecule has 5 aromatic carbocycles. The molecule has 3 aromatic heterocycles. The zero-order chi connectivity index (χ0) is 38.1. The minimum Gasteiger partial charge on any atom is -0.508 e. The number of aromatic hydroxyl groups is 1. The molecule has 0 fully saturated rings. The highest BCUT2D eigenvalue weighted by atomic mass is 16.3. The largest absolute Gasteiger partial charge is 0.508 e. The quantitative estimate of drug-likeness (QED) is 0.173. The van der Waals surface area contributed by atoms with Crippen molar-refractivity contribution in [3.63, 3.8) is 0 Å². The van der Waals surface area contributed by atoms with Crippen LogP contribution in [0.1, 0.15) is 22.8 Å². The number of para-hydroxylation sites is 1. The molecule has 8 bridgehead atoms. The van der Waals surface area contributed by atoms with Gasteiger partial charge < -0.3 is 9.67 Å².